The number of benzene rings is 4. The highest BCUT2D eigenvalue weighted by atomic mass is 35.5. The molecule has 1 heterocycles. The van der Waals surface area contributed by atoms with Gasteiger partial charge < -0.3 is 38.4 Å². The number of aromatic nitrogens is 1. The number of nitrogens with one attached hydrogen (secondary N) is 2. The number of nitro benzene ring substituents is 1. The number of aryl methyl sites for hydroxylation is 2. The van der Waals surface area contributed by atoms with Crippen molar-refractivity contribution in [2.45, 2.75) is 69.2 Å². The molecule has 85 heavy (non-hydrogen) atoms. The Balaban J connectivity index is 0.000000396. The van der Waals surface area contributed by atoms with Crippen LogP contribution in [0.1, 0.15) is 86.9 Å². The Morgan fingerprint density at radius 1 is 0.941 bits per heavy atom. The van der Waals surface area contributed by atoms with E-state index in [0.29, 0.717) is 53.8 Å². The fourth-order valence-corrected chi connectivity index (χ4v) is 9.14. The first-order valence-corrected chi connectivity index (χ1v) is 33.1. The van der Waals surface area contributed by atoms with E-state index < -0.39 is 108 Å². The predicted molar refractivity (Wildman–Crippen MR) is 304 cm³/mol. The van der Waals surface area contributed by atoms with E-state index in [2.05, 4.69) is 36.9 Å². The fraction of sp³-hybridized carbons (Fsp3) is 0.392. The first kappa shape index (κ1) is 74.9. The number of anilines is 1. The third-order valence-corrected chi connectivity index (χ3v) is 13.5. The molecule has 2 unspecified atom stereocenters. The number of methoxy groups -OCH3 is 1. The smallest absolute Gasteiger partial charge is 0.416 e. The molecule has 1 aromatic heterocycles. The van der Waals surface area contributed by atoms with Gasteiger partial charge in [-0.15, -0.1) is 11.6 Å². The van der Waals surface area contributed by atoms with Gasteiger partial charge in [-0.25, -0.2) is 21.6 Å². The number of aliphatic carboxylic acids is 1. The van der Waals surface area contributed by atoms with Gasteiger partial charge in [-0.05, 0) is 97.6 Å². The maximum Gasteiger partial charge on any atom is 0.416 e. The Bertz CT molecular complexity index is 3440. The Kier molecular flexibility index (Phi) is 28.7. The number of rotatable bonds is 19. The average Bonchev–Trinajstić information content (AvgIpc) is 2.89. The van der Waals surface area contributed by atoms with Gasteiger partial charge in [0.15, 0.2) is 21.4 Å². The molecule has 5 aromatic rings. The molecule has 0 aliphatic heterocycles. The van der Waals surface area contributed by atoms with E-state index in [4.69, 9.17) is 47.2 Å². The number of carbonyl (C=O) groups is 4. The number of ketones is 1. The molecule has 34 heteroatoms. The highest BCUT2D eigenvalue weighted by molar-refractivity contribution is 7.94. The molecule has 2 amide bonds. The van der Waals surface area contributed by atoms with Gasteiger partial charge in [0.25, 0.3) is 11.6 Å². The van der Waals surface area contributed by atoms with Crippen LogP contribution < -0.4 is 24.6 Å². The summed E-state index contributed by atoms with van der Waals surface area (Å²) in [6.07, 6.45) is 1.67. The summed E-state index contributed by atoms with van der Waals surface area (Å²) in [5.74, 6) is -3.29. The number of alkyl halides is 7. The van der Waals surface area contributed by atoms with Crippen LogP contribution in [0.2, 0.25) is 5.02 Å². The number of carbonyl (C=O) groups excluding carboxylic acids is 3. The van der Waals surface area contributed by atoms with Crippen LogP contribution in [0.3, 0.4) is 0 Å². The standard InChI is InChI=1S/C15H10ClF3N2O6S.C15H22ClNO2.C15H12F3NO4S.C3H8NO5P.C3H9S/c1-28(25,26)20-14(22)10-7-9(3-4-12(10)21(23)24)27-13-5-2-8(6-11(13)16)15(17,18)19;1-5-13-8-6-7-11(2)15(13)17(14(18)9-16)12(3)10-19-4;1-24(21,22)12-6-9(15(16,17)18)4-5-10(12)13(20)11-7-19-23-14(11)8-2-3-8;5-3(6)1-4-2-10(7,8)9;1-4(2)3/h2-7H,1H3,(H,20,22);6-8,12H,5,9-10H2,1-4H3;4-8H,2-3H2,1H3;4H,1-2H2,(H,5,6)(H2,7,8,9);1-3H3/q;;;;+1/p-1. The lowest BCUT2D eigenvalue weighted by atomic mass is 10.0. The van der Waals surface area contributed by atoms with Crippen LogP contribution in [0, 0.1) is 17.0 Å². The number of carboxylic acids is 1. The molecule has 1 saturated carbocycles. The number of hydrogen-bond donors (Lipinski definition) is 4. The first-order valence-electron chi connectivity index (χ1n) is 24.2. The second-order valence-electron chi connectivity index (χ2n) is 18.6. The summed E-state index contributed by atoms with van der Waals surface area (Å²) in [6, 6.07) is 13.2. The second kappa shape index (κ2) is 32.5. The molecule has 470 valence electrons. The predicted octanol–water partition coefficient (Wildman–Crippen LogP) is 8.78. The van der Waals surface area contributed by atoms with E-state index >= 15 is 0 Å². The first-order chi connectivity index (χ1) is 39.1. The lowest BCUT2D eigenvalue weighted by molar-refractivity contribution is -0.385. The lowest BCUT2D eigenvalue weighted by Crippen LogP contribution is -2.43. The SMILES string of the molecule is CCc1cccc(C)c1N(C(=O)CCl)C(C)COC.CS(=O)(=O)NC(=O)c1cc(Oc2ccc(C(F)(F)F)cc2Cl)ccc1[N+](=O)[O-].CS(=O)(=O)c1cc(C(F)(F)F)ccc1C(=O)c1cnoc1C1CC1.C[S+](C)C.O=C(O)CNCP(=O)([O-])O. The Labute approximate surface area is 498 Å². The van der Waals surface area contributed by atoms with Crippen molar-refractivity contribution < 1.29 is 101 Å². The largest absolute Gasteiger partial charge is 0.778 e. The van der Waals surface area contributed by atoms with Crippen LogP contribution in [0.4, 0.5) is 37.7 Å². The fourth-order valence-electron chi connectivity index (χ4n) is 7.05. The molecular weight excluding hydrogens is 1270 g/mol. The quantitative estimate of drug-likeness (QED) is 0.0114. The van der Waals surface area contributed by atoms with Gasteiger partial charge in [0.2, 0.25) is 15.9 Å². The van der Waals surface area contributed by atoms with Crippen LogP contribution in [-0.2, 0) is 68.4 Å². The van der Waals surface area contributed by atoms with Crippen molar-refractivity contribution >= 4 is 96.5 Å². The molecule has 0 bridgehead atoms. The zero-order chi connectivity index (χ0) is 65.2. The van der Waals surface area contributed by atoms with E-state index in [1.54, 1.807) is 16.7 Å². The van der Waals surface area contributed by atoms with Crippen molar-refractivity contribution in [3.63, 3.8) is 0 Å². The average molecular weight is 1330 g/mol. The molecule has 6 rings (SSSR count). The summed E-state index contributed by atoms with van der Waals surface area (Å²) in [6.45, 7) is 6.08. The summed E-state index contributed by atoms with van der Waals surface area (Å²) in [5.41, 5.74) is -0.503. The minimum atomic E-state index is -4.71. The van der Waals surface area contributed by atoms with Gasteiger partial charge in [0.1, 0.15) is 30.5 Å². The molecule has 22 nitrogen and oxygen atoms in total. The summed E-state index contributed by atoms with van der Waals surface area (Å²) in [7, 11) is -10.1. The Morgan fingerprint density at radius 2 is 1.52 bits per heavy atom. The van der Waals surface area contributed by atoms with Gasteiger partial charge in [-0.1, -0.05) is 41.9 Å². The van der Waals surface area contributed by atoms with Gasteiger partial charge >= 0.3 is 18.3 Å². The van der Waals surface area contributed by atoms with Gasteiger partial charge in [-0.2, -0.15) is 26.3 Å². The second-order valence-corrected chi connectivity index (χ2v) is 27.0. The molecule has 0 saturated heterocycles. The maximum absolute atomic E-state index is 12.8. The summed E-state index contributed by atoms with van der Waals surface area (Å²) in [5, 5.41) is 24.2. The minimum absolute atomic E-state index is 0.0223. The Hall–Kier alpha value is -6.15. The van der Waals surface area contributed by atoms with Crippen molar-refractivity contribution in [3.05, 3.63) is 139 Å². The Morgan fingerprint density at radius 3 is 1.99 bits per heavy atom. The number of sulfonamides is 1. The van der Waals surface area contributed by atoms with Crippen LogP contribution in [0.15, 0.2) is 88.4 Å². The molecule has 4 aromatic carbocycles. The molecule has 1 aliphatic rings. The number of carboxylic acid groups (broad SMARTS) is 1. The molecule has 1 fully saturated rings. The lowest BCUT2D eigenvalue weighted by Gasteiger charge is -2.31. The van der Waals surface area contributed by atoms with Gasteiger partial charge in [-0.3, -0.25) is 34.6 Å². The van der Waals surface area contributed by atoms with Crippen molar-refractivity contribution in [1.82, 2.24) is 15.2 Å². The number of nitro groups is 1. The van der Waals surface area contributed by atoms with Crippen LogP contribution in [0.25, 0.3) is 0 Å². The topological polar surface area (TPSA) is 332 Å². The molecule has 4 N–H and O–H groups in total. The van der Waals surface area contributed by atoms with E-state index in [0.717, 1.165) is 72.7 Å². The third-order valence-electron chi connectivity index (χ3n) is 10.7. The van der Waals surface area contributed by atoms with E-state index in [-0.39, 0.29) is 46.4 Å². The highest BCUT2D eigenvalue weighted by Crippen LogP contribution is 2.43. The number of amides is 2. The molecular formula is C51H60Cl2F6N5O17PS3. The molecule has 1 aliphatic carbocycles. The number of nitrogens with zero attached hydrogens (tertiary/aromatic N) is 3. The van der Waals surface area contributed by atoms with Crippen molar-refractivity contribution in [1.29, 1.82) is 0 Å². The maximum atomic E-state index is 12.8. The monoisotopic (exact) mass is 1330 g/mol. The van der Waals surface area contributed by atoms with Crippen molar-refractivity contribution in [3.8, 4) is 11.5 Å². The van der Waals surface area contributed by atoms with Gasteiger partial charge in [0.05, 0.1) is 93.9 Å². The van der Waals surface area contributed by atoms with Crippen LogP contribution in [0.5, 0.6) is 11.5 Å². The summed E-state index contributed by atoms with van der Waals surface area (Å²) < 4.78 is 150. The van der Waals surface area contributed by atoms with Crippen molar-refractivity contribution in [2.75, 3.05) is 68.6 Å². The normalized spacial score (nSPS) is 13.3. The third kappa shape index (κ3) is 25.4. The number of hydrogen-bond acceptors (Lipinski definition) is 17. The number of ether oxygens (including phenoxy) is 2. The number of halogens is 8. The molecule has 2 atom stereocenters. The molecule has 0 spiro atoms. The zero-order valence-electron chi connectivity index (χ0n) is 46.7. The van der Waals surface area contributed by atoms with E-state index in [9.17, 15) is 81.9 Å². The van der Waals surface area contributed by atoms with Gasteiger partial charge in [0, 0.05) is 37.0 Å². The summed E-state index contributed by atoms with van der Waals surface area (Å²) >= 11 is 11.5. The van der Waals surface area contributed by atoms with E-state index in [1.165, 1.54) is 6.20 Å². The minimum Gasteiger partial charge on any atom is -0.778 e. The van der Waals surface area contributed by atoms with Crippen molar-refractivity contribution in [2.24, 2.45) is 0 Å². The van der Waals surface area contributed by atoms with E-state index in [1.807, 2.05) is 31.3 Å². The molecule has 0 radical (unpaired) electrons. The number of sulfone groups is 1. The number of para-hydroxylation sites is 1. The highest BCUT2D eigenvalue weighted by Gasteiger charge is 2.37. The zero-order valence-corrected chi connectivity index (χ0v) is 51.5. The van der Waals surface area contributed by atoms with Crippen LogP contribution >= 0.6 is 30.8 Å². The summed E-state index contributed by atoms with van der Waals surface area (Å²) in [4.78, 5) is 75.9. The van der Waals surface area contributed by atoms with Crippen LogP contribution in [-0.4, -0.2) is 130 Å².